The molecule has 0 aliphatic carbocycles. The van der Waals surface area contributed by atoms with E-state index in [0.29, 0.717) is 19.8 Å². The van der Waals surface area contributed by atoms with Crippen molar-refractivity contribution in [1.29, 1.82) is 0 Å². The van der Waals surface area contributed by atoms with E-state index in [4.69, 9.17) is 9.47 Å². The summed E-state index contributed by atoms with van der Waals surface area (Å²) in [4.78, 5) is 6.71. The number of aryl methyl sites for hydroxylation is 4. The van der Waals surface area contributed by atoms with Crippen LogP contribution in [0.25, 0.3) is 0 Å². The van der Waals surface area contributed by atoms with Crippen LogP contribution in [0.15, 0.2) is 35.3 Å². The van der Waals surface area contributed by atoms with Gasteiger partial charge in [-0.2, -0.15) is 0 Å². The van der Waals surface area contributed by atoms with Crippen molar-refractivity contribution in [3.63, 3.8) is 0 Å². The van der Waals surface area contributed by atoms with E-state index in [-0.39, 0.29) is 5.60 Å². The molecule has 4 heteroatoms. The Hall–Kier alpha value is -2.17. The topological polar surface area (TPSA) is 34.1 Å². The van der Waals surface area contributed by atoms with Crippen molar-refractivity contribution in [2.45, 2.75) is 46.8 Å². The molecule has 1 aliphatic heterocycles. The molecule has 150 valence electrons. The van der Waals surface area contributed by atoms with Gasteiger partial charge < -0.3 is 14.4 Å². The maximum atomic E-state index is 6.47. The van der Waals surface area contributed by atoms with E-state index in [1.54, 1.807) is 0 Å². The summed E-state index contributed by atoms with van der Waals surface area (Å²) in [7, 11) is 2.03. The molecule has 0 bridgehead atoms. The predicted octanol–water partition coefficient (Wildman–Crippen LogP) is 4.97. The molecule has 1 fully saturated rings. The smallest absolute Gasteiger partial charge is 0.140 e. The predicted molar refractivity (Wildman–Crippen MR) is 116 cm³/mol. The maximum Gasteiger partial charge on any atom is 0.140 e. The zero-order chi connectivity index (χ0) is 20.3. The summed E-state index contributed by atoms with van der Waals surface area (Å²) in [5.74, 6) is 0. The van der Waals surface area contributed by atoms with Crippen LogP contribution in [-0.2, 0) is 21.7 Å². The number of ether oxygens (including phenoxy) is 2. The van der Waals surface area contributed by atoms with Crippen LogP contribution in [0.4, 0.5) is 5.69 Å². The summed E-state index contributed by atoms with van der Waals surface area (Å²) in [5, 5.41) is 0. The van der Waals surface area contributed by atoms with E-state index in [1.165, 1.54) is 27.8 Å². The number of rotatable bonds is 7. The van der Waals surface area contributed by atoms with Crippen LogP contribution >= 0.6 is 0 Å². The Kier molecular flexibility index (Phi) is 6.21. The molecule has 2 aromatic carbocycles. The Bertz CT molecular complexity index is 849. The third-order valence-electron chi connectivity index (χ3n) is 5.39. The van der Waals surface area contributed by atoms with Crippen molar-refractivity contribution in [2.24, 2.45) is 4.99 Å². The highest BCUT2D eigenvalue weighted by Gasteiger charge is 2.43. The van der Waals surface area contributed by atoms with Gasteiger partial charge in [-0.05, 0) is 62.9 Å². The maximum absolute atomic E-state index is 6.47. The lowest BCUT2D eigenvalue weighted by molar-refractivity contribution is -0.223. The average Bonchev–Trinajstić information content (AvgIpc) is 2.60. The molecule has 0 unspecified atom stereocenters. The van der Waals surface area contributed by atoms with Gasteiger partial charge in [0.1, 0.15) is 5.60 Å². The van der Waals surface area contributed by atoms with Crippen molar-refractivity contribution < 1.29 is 9.47 Å². The van der Waals surface area contributed by atoms with Gasteiger partial charge in [0.05, 0.1) is 31.8 Å². The quantitative estimate of drug-likeness (QED) is 0.502. The minimum absolute atomic E-state index is 0.366. The van der Waals surface area contributed by atoms with Crippen molar-refractivity contribution in [2.75, 3.05) is 26.8 Å². The molecular formula is C24H32N2O2. The normalized spacial score (nSPS) is 15.6. The van der Waals surface area contributed by atoms with E-state index in [9.17, 15) is 0 Å². The van der Waals surface area contributed by atoms with Gasteiger partial charge >= 0.3 is 0 Å². The molecule has 0 atom stereocenters. The number of hydrogen-bond acceptors (Lipinski definition) is 3. The second-order valence-corrected chi connectivity index (χ2v) is 8.04. The van der Waals surface area contributed by atoms with Gasteiger partial charge in [0.15, 0.2) is 0 Å². The van der Waals surface area contributed by atoms with Crippen LogP contribution in [0.5, 0.6) is 0 Å². The Morgan fingerprint density at radius 3 is 2.29 bits per heavy atom. The van der Waals surface area contributed by atoms with E-state index in [2.05, 4.69) is 74.8 Å². The number of aliphatic imine (C=N–C) groups is 1. The van der Waals surface area contributed by atoms with Gasteiger partial charge in [-0.15, -0.1) is 0 Å². The summed E-state index contributed by atoms with van der Waals surface area (Å²) in [6, 6.07) is 11.0. The van der Waals surface area contributed by atoms with Gasteiger partial charge in [0, 0.05) is 13.6 Å². The number of nitrogens with zero attached hydrogens (tertiary/aromatic N) is 2. The van der Waals surface area contributed by atoms with Crippen LogP contribution < -0.4 is 0 Å². The van der Waals surface area contributed by atoms with Gasteiger partial charge in [0.2, 0.25) is 0 Å². The second kappa shape index (κ2) is 8.46. The molecule has 0 amide bonds. The first-order valence-corrected chi connectivity index (χ1v) is 9.98. The van der Waals surface area contributed by atoms with Crippen LogP contribution in [-0.4, -0.2) is 38.0 Å². The Labute approximate surface area is 169 Å². The monoisotopic (exact) mass is 380 g/mol. The first kappa shape index (κ1) is 20.6. The zero-order valence-corrected chi connectivity index (χ0v) is 18.0. The summed E-state index contributed by atoms with van der Waals surface area (Å²) < 4.78 is 12.1. The molecular weight excluding hydrogens is 348 g/mol. The van der Waals surface area contributed by atoms with Gasteiger partial charge in [-0.3, -0.25) is 0 Å². The molecule has 1 heterocycles. The molecule has 0 aromatic heterocycles. The Balaban J connectivity index is 1.83. The van der Waals surface area contributed by atoms with Crippen molar-refractivity contribution in [3.8, 4) is 0 Å². The van der Waals surface area contributed by atoms with E-state index < -0.39 is 0 Å². The van der Waals surface area contributed by atoms with Crippen molar-refractivity contribution in [3.05, 3.63) is 63.7 Å². The lowest BCUT2D eigenvalue weighted by Gasteiger charge is -2.42. The van der Waals surface area contributed by atoms with E-state index >= 15 is 0 Å². The standard InChI is InChI=1S/C24H32N2O2/c1-7-26(6)16-25-23-12-19(4)22(11-20(23)5)24(14-27-15-24)28-13-21-9-17(2)8-18(3)10-21/h8-12,16H,7,13-15H2,1-6H3. The SMILES string of the molecule is CCN(C)C=Nc1cc(C)c(C2(OCc3cc(C)cc(C)c3)COC2)cc1C. The van der Waals surface area contributed by atoms with Crippen LogP contribution in [0.2, 0.25) is 0 Å². The average molecular weight is 381 g/mol. The Morgan fingerprint density at radius 2 is 1.71 bits per heavy atom. The van der Waals surface area contributed by atoms with Crippen LogP contribution in [0, 0.1) is 27.7 Å². The first-order chi connectivity index (χ1) is 13.3. The summed E-state index contributed by atoms with van der Waals surface area (Å²) in [6.45, 7) is 13.3. The molecule has 28 heavy (non-hydrogen) atoms. The molecule has 0 spiro atoms. The Morgan fingerprint density at radius 1 is 1.04 bits per heavy atom. The van der Waals surface area contributed by atoms with Gasteiger partial charge in [0.25, 0.3) is 0 Å². The zero-order valence-electron chi connectivity index (χ0n) is 18.0. The minimum Gasteiger partial charge on any atom is -0.375 e. The first-order valence-electron chi connectivity index (χ1n) is 9.98. The van der Waals surface area contributed by atoms with Crippen LogP contribution in [0.1, 0.15) is 40.3 Å². The highest BCUT2D eigenvalue weighted by atomic mass is 16.6. The second-order valence-electron chi connectivity index (χ2n) is 8.04. The highest BCUT2D eigenvalue weighted by molar-refractivity contribution is 5.64. The highest BCUT2D eigenvalue weighted by Crippen LogP contribution is 2.39. The third-order valence-corrected chi connectivity index (χ3v) is 5.39. The largest absolute Gasteiger partial charge is 0.375 e. The van der Waals surface area contributed by atoms with Gasteiger partial charge in [-0.1, -0.05) is 35.4 Å². The molecule has 0 N–H and O–H groups in total. The van der Waals surface area contributed by atoms with Crippen molar-refractivity contribution >= 4 is 12.0 Å². The molecule has 1 aliphatic rings. The molecule has 0 radical (unpaired) electrons. The van der Waals surface area contributed by atoms with Crippen molar-refractivity contribution in [1.82, 2.24) is 4.90 Å². The number of hydrogen-bond donors (Lipinski definition) is 0. The van der Waals surface area contributed by atoms with Gasteiger partial charge in [-0.25, -0.2) is 4.99 Å². The van der Waals surface area contributed by atoms with E-state index in [0.717, 1.165) is 17.8 Å². The fraction of sp³-hybridized carbons (Fsp3) is 0.458. The summed E-state index contributed by atoms with van der Waals surface area (Å²) in [6.07, 6.45) is 1.89. The molecule has 3 rings (SSSR count). The third kappa shape index (κ3) is 4.45. The molecule has 2 aromatic rings. The summed E-state index contributed by atoms with van der Waals surface area (Å²) in [5.41, 5.74) is 7.95. The fourth-order valence-corrected chi connectivity index (χ4v) is 3.65. The lowest BCUT2D eigenvalue weighted by atomic mass is 9.86. The van der Waals surface area contributed by atoms with Crippen LogP contribution in [0.3, 0.4) is 0 Å². The lowest BCUT2D eigenvalue weighted by Crippen LogP contribution is -2.49. The molecule has 4 nitrogen and oxygen atoms in total. The minimum atomic E-state index is -0.366. The number of benzene rings is 2. The van der Waals surface area contributed by atoms with E-state index in [1.807, 2.05) is 13.4 Å². The fourth-order valence-electron chi connectivity index (χ4n) is 3.65. The summed E-state index contributed by atoms with van der Waals surface area (Å²) >= 11 is 0. The molecule has 0 saturated carbocycles. The molecule has 1 saturated heterocycles.